The third-order valence-electron chi connectivity index (χ3n) is 3.95. The number of aliphatic hydroxyl groups is 1. The Morgan fingerprint density at radius 2 is 1.95 bits per heavy atom. The second kappa shape index (κ2) is 7.50. The van der Waals surface area contributed by atoms with E-state index >= 15 is 0 Å². The second-order valence-electron chi connectivity index (χ2n) is 5.51. The van der Waals surface area contributed by atoms with Gasteiger partial charge in [0.05, 0.1) is 19.8 Å². The van der Waals surface area contributed by atoms with Crippen LogP contribution in [-0.4, -0.2) is 49.5 Å². The number of hydrogen-bond acceptors (Lipinski definition) is 4. The number of β-amino-alcohol motifs (C(OH)–C–C–N with tert-alkyl or cyclic N) is 1. The van der Waals surface area contributed by atoms with Gasteiger partial charge in [0.2, 0.25) is 0 Å². The monoisotopic (exact) mass is 279 g/mol. The van der Waals surface area contributed by atoms with Crippen molar-refractivity contribution in [1.29, 1.82) is 0 Å². The highest BCUT2D eigenvalue weighted by molar-refractivity contribution is 5.31. The molecular weight excluding hydrogens is 254 g/mol. The fourth-order valence-corrected chi connectivity index (χ4v) is 2.47. The van der Waals surface area contributed by atoms with Crippen LogP contribution in [0.3, 0.4) is 0 Å². The van der Waals surface area contributed by atoms with Crippen LogP contribution in [0.25, 0.3) is 0 Å². The van der Waals surface area contributed by atoms with Crippen LogP contribution in [0.1, 0.15) is 19.8 Å². The van der Waals surface area contributed by atoms with Gasteiger partial charge >= 0.3 is 0 Å². The van der Waals surface area contributed by atoms with Crippen LogP contribution < -0.4 is 9.47 Å². The maximum atomic E-state index is 9.85. The summed E-state index contributed by atoms with van der Waals surface area (Å²) < 4.78 is 10.8. The lowest BCUT2D eigenvalue weighted by Gasteiger charge is -2.34. The van der Waals surface area contributed by atoms with E-state index in [-0.39, 0.29) is 6.10 Å². The lowest BCUT2D eigenvalue weighted by Crippen LogP contribution is -2.43. The number of ether oxygens (including phenoxy) is 2. The fraction of sp³-hybridized carbons (Fsp3) is 0.625. The van der Waals surface area contributed by atoms with Crippen molar-refractivity contribution >= 4 is 0 Å². The summed E-state index contributed by atoms with van der Waals surface area (Å²) in [6.45, 7) is 5.69. The van der Waals surface area contributed by atoms with Crippen molar-refractivity contribution in [1.82, 2.24) is 4.90 Å². The van der Waals surface area contributed by atoms with E-state index in [1.54, 1.807) is 7.11 Å². The first-order valence-electron chi connectivity index (χ1n) is 7.36. The minimum atomic E-state index is -0.175. The number of hydrogen-bond donors (Lipinski definition) is 1. The molecule has 1 aliphatic heterocycles. The maximum absolute atomic E-state index is 9.85. The van der Waals surface area contributed by atoms with Crippen LogP contribution in [-0.2, 0) is 0 Å². The number of piperidine rings is 1. The highest BCUT2D eigenvalue weighted by atomic mass is 16.5. The molecule has 112 valence electrons. The normalized spacial score (nSPS) is 23.6. The molecule has 0 aliphatic carbocycles. The standard InChI is InChI=1S/C16H25NO3/c1-13-8-10-17(12-16(13)18)9-3-11-20-15-6-4-14(19-2)5-7-15/h4-7,13,16,18H,3,8-12H2,1-2H3. The predicted octanol–water partition coefficient (Wildman–Crippen LogP) is 2.17. The quantitative estimate of drug-likeness (QED) is 0.810. The topological polar surface area (TPSA) is 41.9 Å². The lowest BCUT2D eigenvalue weighted by atomic mass is 9.96. The van der Waals surface area contributed by atoms with Crippen molar-refractivity contribution in [2.24, 2.45) is 5.92 Å². The summed E-state index contributed by atoms with van der Waals surface area (Å²) in [7, 11) is 1.66. The van der Waals surface area contributed by atoms with Crippen molar-refractivity contribution in [3.05, 3.63) is 24.3 Å². The Morgan fingerprint density at radius 1 is 1.25 bits per heavy atom. The zero-order valence-electron chi connectivity index (χ0n) is 12.4. The van der Waals surface area contributed by atoms with Gasteiger partial charge in [0.15, 0.2) is 0 Å². The molecule has 4 heteroatoms. The van der Waals surface area contributed by atoms with Gasteiger partial charge in [-0.15, -0.1) is 0 Å². The molecule has 0 radical (unpaired) electrons. The fourth-order valence-electron chi connectivity index (χ4n) is 2.47. The number of aliphatic hydroxyl groups excluding tert-OH is 1. The number of rotatable bonds is 6. The van der Waals surface area contributed by atoms with Gasteiger partial charge in [0, 0.05) is 13.1 Å². The summed E-state index contributed by atoms with van der Waals surface area (Å²) in [4.78, 5) is 2.32. The summed E-state index contributed by atoms with van der Waals surface area (Å²) >= 11 is 0. The number of likely N-dealkylation sites (tertiary alicyclic amines) is 1. The Kier molecular flexibility index (Phi) is 5.68. The van der Waals surface area contributed by atoms with Gasteiger partial charge < -0.3 is 19.5 Å². The van der Waals surface area contributed by atoms with Gasteiger partial charge in [-0.3, -0.25) is 0 Å². The van der Waals surface area contributed by atoms with E-state index in [9.17, 15) is 5.11 Å². The third-order valence-corrected chi connectivity index (χ3v) is 3.95. The molecule has 0 aromatic heterocycles. The molecule has 4 nitrogen and oxygen atoms in total. The predicted molar refractivity (Wildman–Crippen MR) is 79.3 cm³/mol. The average Bonchev–Trinajstić information content (AvgIpc) is 2.48. The Hall–Kier alpha value is -1.26. The molecule has 0 spiro atoms. The summed E-state index contributed by atoms with van der Waals surface area (Å²) in [5.41, 5.74) is 0. The molecule has 0 bridgehead atoms. The van der Waals surface area contributed by atoms with Gasteiger partial charge in [0.25, 0.3) is 0 Å². The van der Waals surface area contributed by atoms with E-state index in [0.717, 1.165) is 44.0 Å². The van der Waals surface area contributed by atoms with Crippen molar-refractivity contribution in [2.75, 3.05) is 33.4 Å². The Labute approximate surface area is 121 Å². The summed E-state index contributed by atoms with van der Waals surface area (Å²) in [5.74, 6) is 2.15. The van der Waals surface area contributed by atoms with E-state index in [4.69, 9.17) is 9.47 Å². The number of nitrogens with zero attached hydrogens (tertiary/aromatic N) is 1. The lowest BCUT2D eigenvalue weighted by molar-refractivity contribution is 0.0275. The van der Waals surface area contributed by atoms with E-state index in [2.05, 4.69) is 11.8 Å². The van der Waals surface area contributed by atoms with Crippen LogP contribution in [0.5, 0.6) is 11.5 Å². The smallest absolute Gasteiger partial charge is 0.119 e. The average molecular weight is 279 g/mol. The molecule has 1 fully saturated rings. The third kappa shape index (κ3) is 4.39. The molecule has 1 saturated heterocycles. The van der Waals surface area contributed by atoms with Crippen LogP contribution in [0.4, 0.5) is 0 Å². The van der Waals surface area contributed by atoms with E-state index in [1.165, 1.54) is 0 Å². The number of benzene rings is 1. The molecular formula is C16H25NO3. The van der Waals surface area contributed by atoms with Gasteiger partial charge in [0.1, 0.15) is 11.5 Å². The summed E-state index contributed by atoms with van der Waals surface area (Å²) in [6, 6.07) is 7.64. The minimum Gasteiger partial charge on any atom is -0.497 e. The van der Waals surface area contributed by atoms with Crippen molar-refractivity contribution in [3.8, 4) is 11.5 Å². The molecule has 1 N–H and O–H groups in total. The molecule has 2 unspecified atom stereocenters. The molecule has 1 aromatic carbocycles. The van der Waals surface area contributed by atoms with Gasteiger partial charge in [-0.1, -0.05) is 6.92 Å². The first-order chi connectivity index (χ1) is 9.69. The van der Waals surface area contributed by atoms with Crippen LogP contribution >= 0.6 is 0 Å². The Balaban J connectivity index is 1.63. The molecule has 2 rings (SSSR count). The molecule has 1 aliphatic rings. The largest absolute Gasteiger partial charge is 0.497 e. The molecule has 1 aromatic rings. The highest BCUT2D eigenvalue weighted by Crippen LogP contribution is 2.18. The van der Waals surface area contributed by atoms with E-state index < -0.39 is 0 Å². The Morgan fingerprint density at radius 3 is 2.60 bits per heavy atom. The van der Waals surface area contributed by atoms with Crippen LogP contribution in [0, 0.1) is 5.92 Å². The number of methoxy groups -OCH3 is 1. The van der Waals surface area contributed by atoms with Crippen molar-refractivity contribution in [2.45, 2.75) is 25.9 Å². The zero-order valence-corrected chi connectivity index (χ0v) is 12.4. The maximum Gasteiger partial charge on any atom is 0.119 e. The van der Waals surface area contributed by atoms with Gasteiger partial charge in [-0.2, -0.15) is 0 Å². The highest BCUT2D eigenvalue weighted by Gasteiger charge is 2.23. The van der Waals surface area contributed by atoms with E-state index in [1.807, 2.05) is 24.3 Å². The van der Waals surface area contributed by atoms with Gasteiger partial charge in [-0.05, 0) is 49.6 Å². The SMILES string of the molecule is COc1ccc(OCCCN2CCC(C)C(O)C2)cc1. The van der Waals surface area contributed by atoms with Gasteiger partial charge in [-0.25, -0.2) is 0 Å². The second-order valence-corrected chi connectivity index (χ2v) is 5.51. The molecule has 0 saturated carbocycles. The zero-order chi connectivity index (χ0) is 14.4. The van der Waals surface area contributed by atoms with Crippen LogP contribution in [0.15, 0.2) is 24.3 Å². The summed E-state index contributed by atoms with van der Waals surface area (Å²) in [5, 5.41) is 9.85. The minimum absolute atomic E-state index is 0.175. The Bertz CT molecular complexity index is 393. The van der Waals surface area contributed by atoms with E-state index in [0.29, 0.717) is 12.5 Å². The molecule has 1 heterocycles. The summed E-state index contributed by atoms with van der Waals surface area (Å²) in [6.07, 6.45) is 1.89. The first-order valence-corrected chi connectivity index (χ1v) is 7.36. The first kappa shape index (κ1) is 15.1. The van der Waals surface area contributed by atoms with Crippen LogP contribution in [0.2, 0.25) is 0 Å². The van der Waals surface area contributed by atoms with Crippen molar-refractivity contribution in [3.63, 3.8) is 0 Å². The molecule has 0 amide bonds. The molecule has 20 heavy (non-hydrogen) atoms. The molecule has 2 atom stereocenters. The van der Waals surface area contributed by atoms with Crippen molar-refractivity contribution < 1.29 is 14.6 Å².